The Bertz CT molecular complexity index is 1560. The van der Waals surface area contributed by atoms with Crippen molar-refractivity contribution in [2.75, 3.05) is 0 Å². The molecule has 6 rings (SSSR count). The van der Waals surface area contributed by atoms with Crippen LogP contribution in [-0.2, 0) is 12.5 Å². The molecule has 2 heterocycles. The number of hydrogen-bond acceptors (Lipinski definition) is 1. The summed E-state index contributed by atoms with van der Waals surface area (Å²) in [7, 11) is 2.18. The number of aromatic nitrogens is 3. The number of pyridine rings is 1. The van der Waals surface area contributed by atoms with Crippen molar-refractivity contribution in [3.63, 3.8) is 0 Å². The number of aryl methyl sites for hydroxylation is 3. The summed E-state index contributed by atoms with van der Waals surface area (Å²) in [5, 5.41) is 0. The molecule has 0 radical (unpaired) electrons. The van der Waals surface area contributed by atoms with E-state index in [1.807, 2.05) is 0 Å². The minimum atomic E-state index is -0.138. The van der Waals surface area contributed by atoms with Crippen molar-refractivity contribution in [2.45, 2.75) is 33.1 Å². The first kappa shape index (κ1) is 19.9. The second-order valence-electron chi connectivity index (χ2n) is 9.73. The molecule has 0 atom stereocenters. The zero-order valence-electron chi connectivity index (χ0n) is 19.8. The molecule has 0 unspecified atom stereocenters. The van der Waals surface area contributed by atoms with Crippen LogP contribution in [0.4, 0.5) is 0 Å². The zero-order chi connectivity index (χ0) is 22.9. The van der Waals surface area contributed by atoms with E-state index in [-0.39, 0.29) is 5.41 Å². The van der Waals surface area contributed by atoms with Gasteiger partial charge in [0.1, 0.15) is 5.69 Å². The summed E-state index contributed by atoms with van der Waals surface area (Å²) >= 11 is 0. The van der Waals surface area contributed by atoms with Crippen LogP contribution in [0.15, 0.2) is 78.9 Å². The van der Waals surface area contributed by atoms with Gasteiger partial charge in [0, 0.05) is 16.7 Å². The van der Waals surface area contributed by atoms with Gasteiger partial charge >= 0.3 is 0 Å². The molecule has 162 valence electrons. The molecular weight excluding hydrogens is 402 g/mol. The van der Waals surface area contributed by atoms with Gasteiger partial charge in [0.15, 0.2) is 11.0 Å². The molecule has 0 aliphatic heterocycles. The lowest BCUT2D eigenvalue weighted by Crippen LogP contribution is -2.30. The third-order valence-corrected chi connectivity index (χ3v) is 7.22. The monoisotopic (exact) mass is 430 g/mol. The fourth-order valence-electron chi connectivity index (χ4n) is 5.52. The SMILES string of the molecule is Cc1ccc2c(n1)C(C)(C)c1cc(-c3n(-c4ccccc4)c4ccccc4[n+]3C)c(C)cc1-2. The van der Waals surface area contributed by atoms with E-state index in [9.17, 15) is 0 Å². The maximum Gasteiger partial charge on any atom is 0.295 e. The average Bonchev–Trinajstić information content (AvgIpc) is 3.22. The first-order valence-electron chi connectivity index (χ1n) is 11.6. The number of benzene rings is 3. The van der Waals surface area contributed by atoms with Crippen LogP contribution >= 0.6 is 0 Å². The highest BCUT2D eigenvalue weighted by molar-refractivity contribution is 5.85. The molecule has 1 aliphatic rings. The Morgan fingerprint density at radius 2 is 1.52 bits per heavy atom. The summed E-state index contributed by atoms with van der Waals surface area (Å²) in [6, 6.07) is 28.5. The van der Waals surface area contributed by atoms with Gasteiger partial charge in [-0.2, -0.15) is 4.57 Å². The second-order valence-corrected chi connectivity index (χ2v) is 9.73. The number of rotatable bonds is 2. The summed E-state index contributed by atoms with van der Waals surface area (Å²) in [5.41, 5.74) is 12.2. The molecule has 0 saturated carbocycles. The molecule has 0 N–H and O–H groups in total. The van der Waals surface area contributed by atoms with Gasteiger partial charge < -0.3 is 0 Å². The van der Waals surface area contributed by atoms with Crippen molar-refractivity contribution in [1.29, 1.82) is 0 Å². The van der Waals surface area contributed by atoms with Crippen LogP contribution in [0, 0.1) is 13.8 Å². The molecule has 0 saturated heterocycles. The lowest BCUT2D eigenvalue weighted by Gasteiger charge is -2.21. The number of hydrogen-bond donors (Lipinski definition) is 0. The van der Waals surface area contributed by atoms with Crippen LogP contribution in [0.2, 0.25) is 0 Å². The quantitative estimate of drug-likeness (QED) is 0.295. The van der Waals surface area contributed by atoms with E-state index < -0.39 is 0 Å². The highest BCUT2D eigenvalue weighted by Gasteiger charge is 2.39. The lowest BCUT2D eigenvalue weighted by molar-refractivity contribution is -0.633. The van der Waals surface area contributed by atoms with Gasteiger partial charge in [-0.25, -0.2) is 4.57 Å². The third kappa shape index (κ3) is 2.75. The molecule has 1 aliphatic carbocycles. The van der Waals surface area contributed by atoms with Crippen LogP contribution < -0.4 is 4.57 Å². The van der Waals surface area contributed by atoms with Gasteiger partial charge in [0.25, 0.3) is 5.82 Å². The van der Waals surface area contributed by atoms with Gasteiger partial charge in [0.2, 0.25) is 0 Å². The second kappa shape index (κ2) is 6.89. The standard InChI is InChI=1S/C30H28N3/c1-19-17-24-22-16-15-20(2)31-28(22)30(3,4)25(24)18-23(19)29-32(5)26-13-9-10-14-27(26)33(29)21-11-7-6-8-12-21/h6-18H,1-5H3/q+1. The van der Waals surface area contributed by atoms with Gasteiger partial charge in [0.05, 0.1) is 18.3 Å². The maximum atomic E-state index is 4.96. The highest BCUT2D eigenvalue weighted by Crippen LogP contribution is 2.49. The summed E-state index contributed by atoms with van der Waals surface area (Å²) in [6.07, 6.45) is 0. The van der Waals surface area contributed by atoms with Crippen LogP contribution in [0.3, 0.4) is 0 Å². The Morgan fingerprint density at radius 3 is 2.30 bits per heavy atom. The zero-order valence-corrected chi connectivity index (χ0v) is 19.8. The van der Waals surface area contributed by atoms with Crippen LogP contribution in [0.1, 0.15) is 36.4 Å². The molecule has 33 heavy (non-hydrogen) atoms. The first-order valence-corrected chi connectivity index (χ1v) is 11.6. The fraction of sp³-hybridized carbons (Fsp3) is 0.200. The molecule has 0 bridgehead atoms. The summed E-state index contributed by atoms with van der Waals surface area (Å²) in [4.78, 5) is 4.96. The topological polar surface area (TPSA) is 21.7 Å². The molecule has 2 aromatic heterocycles. The van der Waals surface area contributed by atoms with E-state index in [1.54, 1.807) is 0 Å². The predicted octanol–water partition coefficient (Wildman–Crippen LogP) is 6.44. The summed E-state index contributed by atoms with van der Waals surface area (Å²) < 4.78 is 4.72. The van der Waals surface area contributed by atoms with E-state index in [1.165, 1.54) is 56.1 Å². The van der Waals surface area contributed by atoms with Gasteiger partial charge in [-0.15, -0.1) is 0 Å². The first-order chi connectivity index (χ1) is 15.9. The molecule has 0 spiro atoms. The number of fused-ring (bicyclic) bond motifs is 4. The fourth-order valence-corrected chi connectivity index (χ4v) is 5.52. The smallest absolute Gasteiger partial charge is 0.257 e. The lowest BCUT2D eigenvalue weighted by atomic mass is 9.83. The Kier molecular flexibility index (Phi) is 4.16. The molecule has 0 fully saturated rings. The Balaban J connectivity index is 1.68. The largest absolute Gasteiger partial charge is 0.295 e. The minimum Gasteiger partial charge on any atom is -0.257 e. The molecule has 3 aromatic carbocycles. The summed E-state index contributed by atoms with van der Waals surface area (Å²) in [6.45, 7) is 8.91. The van der Waals surface area contributed by atoms with Crippen LogP contribution in [0.25, 0.3) is 39.2 Å². The Hall–Kier alpha value is -3.72. The minimum absolute atomic E-state index is 0.138. The van der Waals surface area contributed by atoms with Crippen LogP contribution in [0.5, 0.6) is 0 Å². The Labute approximate surface area is 195 Å². The maximum absolute atomic E-state index is 4.96. The van der Waals surface area contributed by atoms with Crippen molar-refractivity contribution in [3.8, 4) is 28.2 Å². The van der Waals surface area contributed by atoms with E-state index in [4.69, 9.17) is 4.98 Å². The van der Waals surface area contributed by atoms with Gasteiger partial charge in [-0.3, -0.25) is 4.98 Å². The average molecular weight is 431 g/mol. The van der Waals surface area contributed by atoms with E-state index >= 15 is 0 Å². The number of para-hydroxylation sites is 3. The molecular formula is C30H28N3+. The molecule has 0 amide bonds. The van der Waals surface area contributed by atoms with E-state index in [2.05, 4.69) is 123 Å². The van der Waals surface area contributed by atoms with Crippen molar-refractivity contribution in [2.24, 2.45) is 7.05 Å². The van der Waals surface area contributed by atoms with Crippen molar-refractivity contribution in [1.82, 2.24) is 9.55 Å². The van der Waals surface area contributed by atoms with Crippen molar-refractivity contribution < 1.29 is 4.57 Å². The Morgan fingerprint density at radius 1 is 0.788 bits per heavy atom. The van der Waals surface area contributed by atoms with Crippen molar-refractivity contribution >= 4 is 11.0 Å². The normalized spacial score (nSPS) is 13.8. The van der Waals surface area contributed by atoms with Gasteiger partial charge in [-0.05, 0) is 66.9 Å². The number of nitrogens with zero attached hydrogens (tertiary/aromatic N) is 3. The van der Waals surface area contributed by atoms with Crippen LogP contribution in [-0.4, -0.2) is 9.55 Å². The molecule has 5 aromatic rings. The van der Waals surface area contributed by atoms with Gasteiger partial charge in [-0.1, -0.05) is 56.3 Å². The van der Waals surface area contributed by atoms with Crippen molar-refractivity contribution in [3.05, 3.63) is 101 Å². The third-order valence-electron chi connectivity index (χ3n) is 7.22. The number of imidazole rings is 1. The van der Waals surface area contributed by atoms with E-state index in [0.29, 0.717) is 0 Å². The van der Waals surface area contributed by atoms with E-state index in [0.717, 1.165) is 5.69 Å². The summed E-state index contributed by atoms with van der Waals surface area (Å²) in [5.74, 6) is 1.19. The molecule has 3 nitrogen and oxygen atoms in total. The highest BCUT2D eigenvalue weighted by atomic mass is 15.2. The molecule has 3 heteroatoms. The predicted molar refractivity (Wildman–Crippen MR) is 135 cm³/mol.